The molecule has 0 unspecified atom stereocenters. The zero-order valence-electron chi connectivity index (χ0n) is 12.6. The Balaban J connectivity index is 1.54. The van der Waals surface area contributed by atoms with Crippen molar-refractivity contribution in [3.8, 4) is 0 Å². The Kier molecular flexibility index (Phi) is 5.76. The molecular formula is C14H12BrN5O3S2. The van der Waals surface area contributed by atoms with Crippen LogP contribution in [0, 0.1) is 0 Å². The van der Waals surface area contributed by atoms with Crippen LogP contribution in [0.3, 0.4) is 0 Å². The minimum absolute atomic E-state index is 0.0226. The monoisotopic (exact) mass is 441 g/mol. The van der Waals surface area contributed by atoms with Crippen molar-refractivity contribution in [3.05, 3.63) is 28.7 Å². The molecular weight excluding hydrogens is 430 g/mol. The minimum Gasteiger partial charge on any atom is -0.326 e. The third kappa shape index (κ3) is 5.06. The number of amides is 3. The Bertz CT molecular complexity index is 781. The lowest BCUT2D eigenvalue weighted by Crippen LogP contribution is -2.28. The van der Waals surface area contributed by atoms with E-state index in [9.17, 15) is 14.4 Å². The van der Waals surface area contributed by atoms with Gasteiger partial charge in [-0.3, -0.25) is 14.4 Å². The van der Waals surface area contributed by atoms with Gasteiger partial charge in [-0.2, -0.15) is 0 Å². The smallest absolute Gasteiger partial charge is 0.284 e. The van der Waals surface area contributed by atoms with Crippen molar-refractivity contribution in [3.63, 3.8) is 0 Å². The Morgan fingerprint density at radius 1 is 1.24 bits per heavy atom. The first-order valence-corrected chi connectivity index (χ1v) is 9.76. The van der Waals surface area contributed by atoms with Gasteiger partial charge in [0.1, 0.15) is 11.1 Å². The van der Waals surface area contributed by atoms with Gasteiger partial charge in [0, 0.05) is 16.6 Å². The summed E-state index contributed by atoms with van der Waals surface area (Å²) < 4.78 is 0.913. The predicted molar refractivity (Wildman–Crippen MR) is 103 cm³/mol. The normalized spacial score (nSPS) is 23.0. The molecule has 2 fully saturated rings. The highest BCUT2D eigenvalue weighted by molar-refractivity contribution is 9.10. The van der Waals surface area contributed by atoms with E-state index in [2.05, 4.69) is 42.1 Å². The summed E-state index contributed by atoms with van der Waals surface area (Å²) in [5, 5.41) is 15.2. The van der Waals surface area contributed by atoms with Crippen LogP contribution in [0.15, 0.2) is 38.9 Å². The van der Waals surface area contributed by atoms with E-state index in [4.69, 9.17) is 0 Å². The average Bonchev–Trinajstić information content (AvgIpc) is 3.14. The third-order valence-corrected chi connectivity index (χ3v) is 5.51. The lowest BCUT2D eigenvalue weighted by atomic mass is 10.2. The molecule has 1 aromatic rings. The third-order valence-electron chi connectivity index (χ3n) is 3.12. The highest BCUT2D eigenvalue weighted by atomic mass is 79.9. The quantitative estimate of drug-likeness (QED) is 0.619. The largest absolute Gasteiger partial charge is 0.326 e. The van der Waals surface area contributed by atoms with Crippen LogP contribution in [0.5, 0.6) is 0 Å². The van der Waals surface area contributed by atoms with E-state index in [0.717, 1.165) is 28.0 Å². The van der Waals surface area contributed by atoms with E-state index in [1.165, 1.54) is 0 Å². The fourth-order valence-corrected chi connectivity index (χ4v) is 3.75. The van der Waals surface area contributed by atoms with Crippen molar-refractivity contribution < 1.29 is 14.4 Å². The second-order valence-electron chi connectivity index (χ2n) is 5.01. The predicted octanol–water partition coefficient (Wildman–Crippen LogP) is 2.14. The van der Waals surface area contributed by atoms with Crippen LogP contribution < -0.4 is 16.0 Å². The van der Waals surface area contributed by atoms with Gasteiger partial charge in [-0.05, 0) is 24.3 Å². The highest BCUT2D eigenvalue weighted by Crippen LogP contribution is 2.23. The van der Waals surface area contributed by atoms with Gasteiger partial charge < -0.3 is 16.0 Å². The summed E-state index contributed by atoms with van der Waals surface area (Å²) in [5.41, 5.74) is 0.659. The summed E-state index contributed by atoms with van der Waals surface area (Å²) in [6, 6.07) is 7.16. The minimum atomic E-state index is -0.568. The molecule has 3 rings (SSSR count). The Hall–Kier alpha value is -1.85. The molecule has 2 aliphatic heterocycles. The van der Waals surface area contributed by atoms with Crippen LogP contribution in [-0.2, 0) is 9.59 Å². The lowest BCUT2D eigenvalue weighted by molar-refractivity contribution is -0.122. The fourth-order valence-electron chi connectivity index (χ4n) is 1.98. The average molecular weight is 442 g/mol. The van der Waals surface area contributed by atoms with E-state index in [-0.39, 0.29) is 23.5 Å². The molecule has 0 spiro atoms. The van der Waals surface area contributed by atoms with Crippen LogP contribution in [0.2, 0.25) is 0 Å². The van der Waals surface area contributed by atoms with Gasteiger partial charge >= 0.3 is 0 Å². The molecule has 11 heteroatoms. The van der Waals surface area contributed by atoms with Gasteiger partial charge in [-0.1, -0.05) is 39.5 Å². The highest BCUT2D eigenvalue weighted by Gasteiger charge is 2.32. The maximum absolute atomic E-state index is 12.1. The zero-order valence-corrected chi connectivity index (χ0v) is 15.8. The van der Waals surface area contributed by atoms with Crippen LogP contribution in [0.1, 0.15) is 6.42 Å². The second kappa shape index (κ2) is 8.02. The van der Waals surface area contributed by atoms with E-state index < -0.39 is 5.25 Å². The van der Waals surface area contributed by atoms with Crippen LogP contribution >= 0.6 is 39.5 Å². The number of carbonyl (C=O) groups is 3. The number of carbonyl (C=O) groups excluding carboxylic acids is 3. The number of amidine groups is 2. The zero-order chi connectivity index (χ0) is 17.8. The number of hydrogen-bond acceptors (Lipinski definition) is 7. The number of nitrogens with one attached hydrogen (secondary N) is 3. The first-order valence-electron chi connectivity index (χ1n) is 7.11. The fraction of sp³-hybridized carbons (Fsp3) is 0.214. The molecule has 0 aliphatic carbocycles. The van der Waals surface area contributed by atoms with E-state index in [0.29, 0.717) is 22.4 Å². The second-order valence-corrected chi connectivity index (χ2v) is 8.06. The van der Waals surface area contributed by atoms with Crippen molar-refractivity contribution in [2.75, 3.05) is 11.1 Å². The Morgan fingerprint density at radius 2 is 2.00 bits per heavy atom. The summed E-state index contributed by atoms with van der Waals surface area (Å²) in [6.07, 6.45) is 0.0226. The summed E-state index contributed by atoms with van der Waals surface area (Å²) in [7, 11) is 0. The van der Waals surface area contributed by atoms with Crippen LogP contribution in [0.25, 0.3) is 0 Å². The number of hydrogen-bond donors (Lipinski definition) is 3. The van der Waals surface area contributed by atoms with Crippen molar-refractivity contribution >= 4 is 73.2 Å². The molecule has 2 aliphatic rings. The van der Waals surface area contributed by atoms with Crippen molar-refractivity contribution in [1.29, 1.82) is 0 Å². The molecule has 0 bridgehead atoms. The van der Waals surface area contributed by atoms with Gasteiger partial charge in [0.15, 0.2) is 5.17 Å². The molecule has 8 nitrogen and oxygen atoms in total. The summed E-state index contributed by atoms with van der Waals surface area (Å²) in [5.74, 6) is 0.309. The van der Waals surface area contributed by atoms with Gasteiger partial charge in [-0.15, -0.1) is 10.2 Å². The van der Waals surface area contributed by atoms with Gasteiger partial charge in [-0.25, -0.2) is 0 Å². The van der Waals surface area contributed by atoms with Crippen molar-refractivity contribution in [2.24, 2.45) is 10.2 Å². The number of nitrogens with zero attached hydrogens (tertiary/aromatic N) is 2. The van der Waals surface area contributed by atoms with Gasteiger partial charge in [0.05, 0.1) is 5.75 Å². The molecule has 0 aromatic heterocycles. The first-order chi connectivity index (χ1) is 12.0. The number of anilines is 1. The van der Waals surface area contributed by atoms with Crippen LogP contribution in [0.4, 0.5) is 10.5 Å². The Labute approximate surface area is 159 Å². The molecule has 1 atom stereocenters. The van der Waals surface area contributed by atoms with Crippen molar-refractivity contribution in [1.82, 2.24) is 10.6 Å². The number of thioether (sulfide) groups is 2. The van der Waals surface area contributed by atoms with E-state index in [1.807, 2.05) is 12.1 Å². The first kappa shape index (κ1) is 18.0. The summed E-state index contributed by atoms with van der Waals surface area (Å²) in [4.78, 5) is 35.1. The lowest BCUT2D eigenvalue weighted by Gasteiger charge is -2.07. The maximum atomic E-state index is 12.1. The molecule has 130 valence electrons. The Morgan fingerprint density at radius 3 is 2.68 bits per heavy atom. The number of halogens is 1. The topological polar surface area (TPSA) is 112 Å². The number of benzene rings is 1. The molecule has 2 heterocycles. The molecule has 25 heavy (non-hydrogen) atoms. The van der Waals surface area contributed by atoms with Crippen LogP contribution in [-0.4, -0.2) is 39.1 Å². The number of rotatable bonds is 4. The SMILES string of the molecule is O=C(C[C@H]1S/C(=N\N=C2\CSC(=O)N2)NC1=O)Nc1ccc(Br)cc1. The summed E-state index contributed by atoms with van der Waals surface area (Å²) >= 11 is 5.56. The molecule has 1 aromatic carbocycles. The maximum Gasteiger partial charge on any atom is 0.284 e. The van der Waals surface area contributed by atoms with Gasteiger partial charge in [0.2, 0.25) is 11.8 Å². The molecule has 0 saturated carbocycles. The van der Waals surface area contributed by atoms with Gasteiger partial charge in [0.25, 0.3) is 5.24 Å². The summed E-state index contributed by atoms with van der Waals surface area (Å²) in [6.45, 7) is 0. The van der Waals surface area contributed by atoms with Crippen molar-refractivity contribution in [2.45, 2.75) is 11.7 Å². The van der Waals surface area contributed by atoms with E-state index in [1.54, 1.807) is 12.1 Å². The molecule has 0 radical (unpaired) electrons. The molecule has 3 N–H and O–H groups in total. The van der Waals surface area contributed by atoms with E-state index >= 15 is 0 Å². The molecule has 2 saturated heterocycles. The standard InChI is InChI=1S/C14H12BrN5O3S2/c15-7-1-3-8(4-2-7)16-11(21)5-9-12(22)18-13(25-9)20-19-10-6-24-14(23)17-10/h1-4,9H,5-6H2,(H,16,21)(H,17,19,23)(H,18,20,22)/t9-/m1/s1. The molecule has 3 amide bonds.